The molecule has 1 aliphatic rings. The number of hydrogen-bond acceptors (Lipinski definition) is 4. The van der Waals surface area contributed by atoms with Crippen LogP contribution in [0.5, 0.6) is 0 Å². The Labute approximate surface area is 228 Å². The number of carbonyl (C=O) groups is 2. The van der Waals surface area contributed by atoms with Gasteiger partial charge < -0.3 is 10.2 Å². The molecule has 7 nitrogen and oxygen atoms in total. The third-order valence-corrected chi connectivity index (χ3v) is 8.65. The predicted molar refractivity (Wildman–Crippen MR) is 154 cm³/mol. The number of anilines is 1. The molecule has 0 saturated heterocycles. The summed E-state index contributed by atoms with van der Waals surface area (Å²) in [5.74, 6) is -0.245. The van der Waals surface area contributed by atoms with Crippen LogP contribution in [-0.4, -0.2) is 50.0 Å². The van der Waals surface area contributed by atoms with Gasteiger partial charge in [-0.2, -0.15) is 0 Å². The van der Waals surface area contributed by atoms with Gasteiger partial charge in [0.1, 0.15) is 6.04 Å². The van der Waals surface area contributed by atoms with Gasteiger partial charge in [-0.15, -0.1) is 0 Å². The zero-order valence-corrected chi connectivity index (χ0v) is 24.3. The van der Waals surface area contributed by atoms with Crippen molar-refractivity contribution in [3.63, 3.8) is 0 Å². The maximum absolute atomic E-state index is 13.7. The molecule has 0 spiro atoms. The van der Waals surface area contributed by atoms with Gasteiger partial charge in [0.05, 0.1) is 11.9 Å². The SMILES string of the molecule is CC[C@H](C(=O)NC1CCCC1)N(Cc1ccccc1C)C(=O)CCCN(c1cc(C)ccc1C)S(C)(=O)=O. The number of nitrogens with zero attached hydrogens (tertiary/aromatic N) is 2. The Morgan fingerprint density at radius 3 is 2.34 bits per heavy atom. The van der Waals surface area contributed by atoms with Crippen LogP contribution in [-0.2, 0) is 26.2 Å². The average molecular weight is 542 g/mol. The van der Waals surface area contributed by atoms with Crippen LogP contribution in [0.4, 0.5) is 5.69 Å². The molecule has 3 rings (SSSR count). The molecule has 1 aliphatic carbocycles. The molecule has 2 amide bonds. The second-order valence-corrected chi connectivity index (χ2v) is 12.5. The van der Waals surface area contributed by atoms with E-state index in [2.05, 4.69) is 5.32 Å². The summed E-state index contributed by atoms with van der Waals surface area (Å²) in [7, 11) is -3.53. The molecule has 38 heavy (non-hydrogen) atoms. The van der Waals surface area contributed by atoms with Gasteiger partial charge in [-0.3, -0.25) is 13.9 Å². The first-order valence-electron chi connectivity index (χ1n) is 13.7. The number of aryl methyl sites for hydroxylation is 3. The molecule has 2 aromatic carbocycles. The zero-order chi connectivity index (χ0) is 27.9. The van der Waals surface area contributed by atoms with E-state index < -0.39 is 16.1 Å². The average Bonchev–Trinajstić information content (AvgIpc) is 3.36. The van der Waals surface area contributed by atoms with Crippen LogP contribution in [0.3, 0.4) is 0 Å². The Morgan fingerprint density at radius 1 is 1.03 bits per heavy atom. The van der Waals surface area contributed by atoms with Gasteiger partial charge in [0.2, 0.25) is 21.8 Å². The van der Waals surface area contributed by atoms with Crippen LogP contribution in [0, 0.1) is 20.8 Å². The van der Waals surface area contributed by atoms with E-state index in [1.807, 2.05) is 70.2 Å². The van der Waals surface area contributed by atoms with E-state index in [0.29, 0.717) is 25.1 Å². The monoisotopic (exact) mass is 541 g/mol. The maximum Gasteiger partial charge on any atom is 0.243 e. The summed E-state index contributed by atoms with van der Waals surface area (Å²) >= 11 is 0. The quantitative estimate of drug-likeness (QED) is 0.409. The van der Waals surface area contributed by atoms with E-state index in [1.165, 1.54) is 10.6 Å². The van der Waals surface area contributed by atoms with Crippen LogP contribution in [0.1, 0.15) is 74.1 Å². The van der Waals surface area contributed by atoms with Crippen molar-refractivity contribution >= 4 is 27.5 Å². The molecule has 0 radical (unpaired) electrons. The molecule has 0 aliphatic heterocycles. The van der Waals surface area contributed by atoms with Crippen molar-refractivity contribution in [3.05, 3.63) is 64.7 Å². The minimum Gasteiger partial charge on any atom is -0.352 e. The fourth-order valence-electron chi connectivity index (χ4n) is 5.23. The molecule has 0 unspecified atom stereocenters. The lowest BCUT2D eigenvalue weighted by Gasteiger charge is -2.32. The molecular weight excluding hydrogens is 498 g/mol. The minimum atomic E-state index is -3.53. The first kappa shape index (κ1) is 29.7. The van der Waals surface area contributed by atoms with Gasteiger partial charge in [0.25, 0.3) is 0 Å². The molecule has 2 aromatic rings. The number of rotatable bonds is 12. The highest BCUT2D eigenvalue weighted by molar-refractivity contribution is 7.92. The van der Waals surface area contributed by atoms with Gasteiger partial charge in [0, 0.05) is 25.6 Å². The normalized spacial score (nSPS) is 14.8. The lowest BCUT2D eigenvalue weighted by molar-refractivity contribution is -0.141. The van der Waals surface area contributed by atoms with Gasteiger partial charge >= 0.3 is 0 Å². The summed E-state index contributed by atoms with van der Waals surface area (Å²) in [5.41, 5.74) is 4.54. The van der Waals surface area contributed by atoms with E-state index in [0.717, 1.165) is 47.9 Å². The van der Waals surface area contributed by atoms with E-state index >= 15 is 0 Å². The summed E-state index contributed by atoms with van der Waals surface area (Å²) < 4.78 is 26.7. The fraction of sp³-hybridized carbons (Fsp3) is 0.533. The highest BCUT2D eigenvalue weighted by Crippen LogP contribution is 2.25. The van der Waals surface area contributed by atoms with Crippen LogP contribution >= 0.6 is 0 Å². The van der Waals surface area contributed by atoms with Gasteiger partial charge in [-0.25, -0.2) is 8.42 Å². The van der Waals surface area contributed by atoms with E-state index in [1.54, 1.807) is 4.90 Å². The third-order valence-electron chi connectivity index (χ3n) is 7.47. The molecular formula is C30H43N3O4S. The number of nitrogens with one attached hydrogen (secondary N) is 1. The number of hydrogen-bond donors (Lipinski definition) is 1. The van der Waals surface area contributed by atoms with Crippen LogP contribution < -0.4 is 9.62 Å². The molecule has 0 heterocycles. The molecule has 1 atom stereocenters. The molecule has 1 saturated carbocycles. The Kier molecular flexibility index (Phi) is 10.4. The number of sulfonamides is 1. The standard InChI is InChI=1S/C30H43N3O4S/c1-6-27(30(35)31-26-14-9-10-15-26)32(21-25-13-8-7-12-23(25)3)29(34)16-11-19-33(38(5,36)37)28-20-22(2)17-18-24(28)4/h7-8,12-13,17-18,20,26-27H,6,9-11,14-16,19,21H2,1-5H3,(H,31,35)/t27-/m1/s1. The number of amides is 2. The van der Waals surface area contributed by atoms with Crippen molar-refractivity contribution in [1.82, 2.24) is 10.2 Å². The Balaban J connectivity index is 1.79. The Bertz CT molecular complexity index is 1220. The minimum absolute atomic E-state index is 0.102. The van der Waals surface area contributed by atoms with Crippen molar-refractivity contribution in [2.45, 2.75) is 91.3 Å². The van der Waals surface area contributed by atoms with Crippen molar-refractivity contribution < 1.29 is 18.0 Å². The van der Waals surface area contributed by atoms with Gasteiger partial charge in [0.15, 0.2) is 0 Å². The summed E-state index contributed by atoms with van der Waals surface area (Å²) in [6, 6.07) is 13.2. The van der Waals surface area contributed by atoms with E-state index in [-0.39, 0.29) is 30.8 Å². The molecule has 1 fully saturated rings. The fourth-order valence-corrected chi connectivity index (χ4v) is 6.24. The first-order valence-corrected chi connectivity index (χ1v) is 15.6. The number of benzene rings is 2. The summed E-state index contributed by atoms with van der Waals surface area (Å²) in [6.45, 7) is 8.29. The molecule has 0 bridgehead atoms. The largest absolute Gasteiger partial charge is 0.352 e. The van der Waals surface area contributed by atoms with Gasteiger partial charge in [-0.1, -0.05) is 56.2 Å². The summed E-state index contributed by atoms with van der Waals surface area (Å²) in [6.07, 6.45) is 6.40. The maximum atomic E-state index is 13.7. The van der Waals surface area contributed by atoms with Crippen LogP contribution in [0.15, 0.2) is 42.5 Å². The highest BCUT2D eigenvalue weighted by Gasteiger charge is 2.31. The second-order valence-electron chi connectivity index (χ2n) is 10.6. The second kappa shape index (κ2) is 13.3. The smallest absolute Gasteiger partial charge is 0.243 e. The van der Waals surface area contributed by atoms with Gasteiger partial charge in [-0.05, 0) is 74.8 Å². The first-order chi connectivity index (χ1) is 18.0. The topological polar surface area (TPSA) is 86.8 Å². The summed E-state index contributed by atoms with van der Waals surface area (Å²) in [4.78, 5) is 28.7. The van der Waals surface area contributed by atoms with E-state index in [9.17, 15) is 18.0 Å². The van der Waals surface area contributed by atoms with Crippen LogP contribution in [0.2, 0.25) is 0 Å². The van der Waals surface area contributed by atoms with Crippen molar-refractivity contribution in [2.24, 2.45) is 0 Å². The van der Waals surface area contributed by atoms with Crippen molar-refractivity contribution in [1.29, 1.82) is 0 Å². The molecule has 8 heteroatoms. The molecule has 208 valence electrons. The zero-order valence-electron chi connectivity index (χ0n) is 23.5. The molecule has 0 aromatic heterocycles. The summed E-state index contributed by atoms with van der Waals surface area (Å²) in [5, 5.41) is 3.17. The Hall–Kier alpha value is -2.87. The highest BCUT2D eigenvalue weighted by atomic mass is 32.2. The lowest BCUT2D eigenvalue weighted by atomic mass is 10.0. The number of carbonyl (C=O) groups excluding carboxylic acids is 2. The lowest BCUT2D eigenvalue weighted by Crippen LogP contribution is -2.51. The predicted octanol–water partition coefficient (Wildman–Crippen LogP) is 5.02. The van der Waals surface area contributed by atoms with Crippen molar-refractivity contribution in [2.75, 3.05) is 17.1 Å². The molecule has 1 N–H and O–H groups in total. The third kappa shape index (κ3) is 7.82. The van der Waals surface area contributed by atoms with E-state index in [4.69, 9.17) is 0 Å². The Morgan fingerprint density at radius 2 is 1.71 bits per heavy atom. The van der Waals surface area contributed by atoms with Crippen LogP contribution in [0.25, 0.3) is 0 Å². The van der Waals surface area contributed by atoms with Crippen molar-refractivity contribution in [3.8, 4) is 0 Å².